The van der Waals surface area contributed by atoms with Gasteiger partial charge in [-0.1, -0.05) is 30.3 Å². The topological polar surface area (TPSA) is 32.7 Å². The SMILES string of the molecule is CC1=NN(c2ccccc2)C(=O)/C1=C/c1ccc(F)cc1. The molecule has 4 heteroatoms. The fraction of sp³-hybridized carbons (Fsp3) is 0.0588. The summed E-state index contributed by atoms with van der Waals surface area (Å²) >= 11 is 0. The summed E-state index contributed by atoms with van der Waals surface area (Å²) in [5, 5.41) is 5.67. The predicted octanol–water partition coefficient (Wildman–Crippen LogP) is 3.63. The Morgan fingerprint density at radius 2 is 1.71 bits per heavy atom. The van der Waals surface area contributed by atoms with Crippen LogP contribution in [0, 0.1) is 5.82 Å². The zero-order chi connectivity index (χ0) is 14.8. The van der Waals surface area contributed by atoms with Crippen molar-refractivity contribution in [1.82, 2.24) is 0 Å². The van der Waals surface area contributed by atoms with E-state index in [0.29, 0.717) is 11.3 Å². The fourth-order valence-electron chi connectivity index (χ4n) is 2.15. The van der Waals surface area contributed by atoms with Crippen LogP contribution in [0.15, 0.2) is 65.3 Å². The Hall–Kier alpha value is -2.75. The number of hydrazone groups is 1. The Kier molecular flexibility index (Phi) is 3.36. The first-order valence-corrected chi connectivity index (χ1v) is 6.57. The highest BCUT2D eigenvalue weighted by Gasteiger charge is 2.28. The third kappa shape index (κ3) is 2.60. The molecule has 0 bridgehead atoms. The average Bonchev–Trinajstić information content (AvgIpc) is 2.78. The summed E-state index contributed by atoms with van der Waals surface area (Å²) in [5.41, 5.74) is 2.66. The van der Waals surface area contributed by atoms with Crippen LogP contribution in [0.25, 0.3) is 6.08 Å². The maximum atomic E-state index is 12.9. The van der Waals surface area contributed by atoms with Gasteiger partial charge in [0.25, 0.3) is 5.91 Å². The van der Waals surface area contributed by atoms with E-state index in [1.807, 2.05) is 30.3 Å². The molecule has 1 amide bonds. The number of nitrogens with zero attached hydrogens (tertiary/aromatic N) is 2. The van der Waals surface area contributed by atoms with Crippen LogP contribution in [-0.4, -0.2) is 11.6 Å². The monoisotopic (exact) mass is 280 g/mol. The maximum absolute atomic E-state index is 12.9. The molecule has 1 heterocycles. The van der Waals surface area contributed by atoms with Crippen LogP contribution < -0.4 is 5.01 Å². The fourth-order valence-corrected chi connectivity index (χ4v) is 2.15. The van der Waals surface area contributed by atoms with Crippen molar-refractivity contribution in [3.63, 3.8) is 0 Å². The number of carbonyl (C=O) groups is 1. The second kappa shape index (κ2) is 5.32. The molecule has 0 saturated carbocycles. The van der Waals surface area contributed by atoms with Crippen molar-refractivity contribution in [3.8, 4) is 0 Å². The molecule has 0 spiro atoms. The number of hydrogen-bond donors (Lipinski definition) is 0. The minimum absolute atomic E-state index is 0.178. The standard InChI is InChI=1S/C17H13FN2O/c1-12-16(11-13-7-9-14(18)10-8-13)17(21)20(19-12)15-5-3-2-4-6-15/h2-11H,1H3/b16-11+. The average molecular weight is 280 g/mol. The van der Waals surface area contributed by atoms with Crippen LogP contribution in [0.5, 0.6) is 0 Å². The number of para-hydroxylation sites is 1. The van der Waals surface area contributed by atoms with Crippen LogP contribution in [0.4, 0.5) is 10.1 Å². The molecule has 0 fully saturated rings. The Morgan fingerprint density at radius 3 is 2.38 bits per heavy atom. The van der Waals surface area contributed by atoms with Gasteiger partial charge in [0.2, 0.25) is 0 Å². The third-order valence-electron chi connectivity index (χ3n) is 3.24. The van der Waals surface area contributed by atoms with Crippen molar-refractivity contribution in [2.45, 2.75) is 6.92 Å². The second-order valence-electron chi connectivity index (χ2n) is 4.75. The molecule has 1 aliphatic rings. The van der Waals surface area contributed by atoms with Gasteiger partial charge >= 0.3 is 0 Å². The van der Waals surface area contributed by atoms with E-state index in [0.717, 1.165) is 11.3 Å². The van der Waals surface area contributed by atoms with Gasteiger partial charge in [0, 0.05) is 0 Å². The zero-order valence-corrected chi connectivity index (χ0v) is 11.5. The summed E-state index contributed by atoms with van der Waals surface area (Å²) in [5.74, 6) is -0.478. The van der Waals surface area contributed by atoms with Gasteiger partial charge < -0.3 is 0 Å². The zero-order valence-electron chi connectivity index (χ0n) is 11.5. The lowest BCUT2D eigenvalue weighted by atomic mass is 10.1. The number of anilines is 1. The van der Waals surface area contributed by atoms with Crippen LogP contribution in [-0.2, 0) is 4.79 Å². The first kappa shape index (κ1) is 13.2. The summed E-state index contributed by atoms with van der Waals surface area (Å²) in [4.78, 5) is 12.5. The number of hydrogen-bond acceptors (Lipinski definition) is 2. The minimum atomic E-state index is -0.300. The molecule has 0 aromatic heterocycles. The highest BCUT2D eigenvalue weighted by atomic mass is 19.1. The molecule has 0 N–H and O–H groups in total. The molecule has 0 radical (unpaired) electrons. The molecule has 2 aromatic carbocycles. The smallest absolute Gasteiger partial charge is 0.267 e. The molecule has 21 heavy (non-hydrogen) atoms. The molecule has 0 saturated heterocycles. The van der Waals surface area contributed by atoms with Crippen molar-refractivity contribution >= 4 is 23.4 Å². The lowest BCUT2D eigenvalue weighted by Gasteiger charge is -2.10. The predicted molar refractivity (Wildman–Crippen MR) is 81.4 cm³/mol. The second-order valence-corrected chi connectivity index (χ2v) is 4.75. The molecule has 3 nitrogen and oxygen atoms in total. The Morgan fingerprint density at radius 1 is 1.05 bits per heavy atom. The van der Waals surface area contributed by atoms with Gasteiger partial charge in [0.15, 0.2) is 0 Å². The van der Waals surface area contributed by atoms with Crippen molar-refractivity contribution in [2.24, 2.45) is 5.10 Å². The molecule has 0 aliphatic carbocycles. The number of carbonyl (C=O) groups excluding carboxylic acids is 1. The molecule has 0 unspecified atom stereocenters. The number of rotatable bonds is 2. The van der Waals surface area contributed by atoms with Crippen LogP contribution in [0.1, 0.15) is 12.5 Å². The van der Waals surface area contributed by atoms with E-state index in [2.05, 4.69) is 5.10 Å². The van der Waals surface area contributed by atoms with Crippen molar-refractivity contribution < 1.29 is 9.18 Å². The van der Waals surface area contributed by atoms with Crippen molar-refractivity contribution in [1.29, 1.82) is 0 Å². The summed E-state index contributed by atoms with van der Waals surface area (Å²) in [6, 6.07) is 15.3. The van der Waals surface area contributed by atoms with Gasteiger partial charge in [-0.05, 0) is 42.8 Å². The van der Waals surface area contributed by atoms with Gasteiger partial charge in [-0.15, -0.1) is 0 Å². The Balaban J connectivity index is 1.94. The third-order valence-corrected chi connectivity index (χ3v) is 3.24. The molecule has 3 rings (SSSR count). The minimum Gasteiger partial charge on any atom is -0.267 e. The van der Waals surface area contributed by atoms with Crippen molar-refractivity contribution in [3.05, 3.63) is 71.6 Å². The normalized spacial score (nSPS) is 16.5. The summed E-state index contributed by atoms with van der Waals surface area (Å²) in [6.07, 6.45) is 1.73. The largest absolute Gasteiger partial charge is 0.280 e. The van der Waals surface area contributed by atoms with E-state index in [1.54, 1.807) is 25.1 Å². The summed E-state index contributed by atoms with van der Waals surface area (Å²) in [6.45, 7) is 1.79. The van der Waals surface area contributed by atoms with E-state index in [1.165, 1.54) is 17.1 Å². The van der Waals surface area contributed by atoms with Gasteiger partial charge in [-0.3, -0.25) is 4.79 Å². The maximum Gasteiger partial charge on any atom is 0.280 e. The van der Waals surface area contributed by atoms with Crippen LogP contribution in [0.2, 0.25) is 0 Å². The first-order valence-electron chi connectivity index (χ1n) is 6.57. The van der Waals surface area contributed by atoms with E-state index in [-0.39, 0.29) is 11.7 Å². The quantitative estimate of drug-likeness (QED) is 0.773. The van der Waals surface area contributed by atoms with E-state index >= 15 is 0 Å². The Labute approximate surface area is 122 Å². The summed E-state index contributed by atoms with van der Waals surface area (Å²) in [7, 11) is 0. The number of benzene rings is 2. The lowest BCUT2D eigenvalue weighted by Crippen LogP contribution is -2.21. The van der Waals surface area contributed by atoms with Gasteiger partial charge in [-0.25, -0.2) is 4.39 Å². The molecule has 104 valence electrons. The molecule has 2 aromatic rings. The number of halogens is 1. The van der Waals surface area contributed by atoms with Gasteiger partial charge in [0.1, 0.15) is 5.82 Å². The lowest BCUT2D eigenvalue weighted by molar-refractivity contribution is -0.114. The van der Waals surface area contributed by atoms with Crippen LogP contribution in [0.3, 0.4) is 0 Å². The molecular weight excluding hydrogens is 267 g/mol. The van der Waals surface area contributed by atoms with E-state index < -0.39 is 0 Å². The molecule has 0 atom stereocenters. The van der Waals surface area contributed by atoms with Gasteiger partial charge in [-0.2, -0.15) is 10.1 Å². The van der Waals surface area contributed by atoms with Crippen molar-refractivity contribution in [2.75, 3.05) is 5.01 Å². The molecular formula is C17H13FN2O. The van der Waals surface area contributed by atoms with Crippen LogP contribution >= 0.6 is 0 Å². The molecule has 1 aliphatic heterocycles. The summed E-state index contributed by atoms with van der Waals surface area (Å²) < 4.78 is 12.9. The van der Waals surface area contributed by atoms with E-state index in [4.69, 9.17) is 0 Å². The first-order chi connectivity index (χ1) is 10.1. The number of amides is 1. The Bertz CT molecular complexity index is 733. The highest BCUT2D eigenvalue weighted by molar-refractivity contribution is 6.32. The highest BCUT2D eigenvalue weighted by Crippen LogP contribution is 2.24. The van der Waals surface area contributed by atoms with E-state index in [9.17, 15) is 9.18 Å². The van der Waals surface area contributed by atoms with Gasteiger partial charge in [0.05, 0.1) is 17.0 Å².